The van der Waals surface area contributed by atoms with Crippen LogP contribution in [-0.2, 0) is 14.1 Å². The van der Waals surface area contributed by atoms with Crippen molar-refractivity contribution in [2.24, 2.45) is 14.1 Å². The maximum Gasteiger partial charge on any atom is 0.261 e. The molecule has 0 fully saturated rings. The van der Waals surface area contributed by atoms with Crippen molar-refractivity contribution in [2.45, 2.75) is 0 Å². The molecule has 3 heterocycles. The summed E-state index contributed by atoms with van der Waals surface area (Å²) in [6.07, 6.45) is 0. The first-order chi connectivity index (χ1) is 15.2. The number of benzene rings is 2. The quantitative estimate of drug-likeness (QED) is 0.233. The van der Waals surface area contributed by atoms with Crippen LogP contribution in [0.3, 0.4) is 0 Å². The molecule has 0 aliphatic carbocycles. The molecule has 32 heavy (non-hydrogen) atoms. The average Bonchev–Trinajstić information content (AvgIpc) is 2.79. The van der Waals surface area contributed by atoms with Crippen molar-refractivity contribution in [1.82, 2.24) is 13.7 Å². The van der Waals surface area contributed by atoms with Crippen LogP contribution >= 0.6 is 0 Å². The molecule has 0 N–H and O–H groups in total. The van der Waals surface area contributed by atoms with Gasteiger partial charge in [-0.15, -0.1) is 0 Å². The van der Waals surface area contributed by atoms with Crippen LogP contribution in [0, 0.1) is 0 Å². The summed E-state index contributed by atoms with van der Waals surface area (Å²) in [6.45, 7) is 0. The number of nitrogens with zero attached hydrogens (tertiary/aromatic N) is 4. The lowest BCUT2D eigenvalue weighted by Crippen LogP contribution is -2.24. The highest BCUT2D eigenvalue weighted by atomic mass is 16.3. The lowest BCUT2D eigenvalue weighted by molar-refractivity contribution is 0.664. The Bertz CT molecular complexity index is 1780. The van der Waals surface area contributed by atoms with E-state index < -0.39 is 0 Å². The number of pyridine rings is 2. The summed E-state index contributed by atoms with van der Waals surface area (Å²) in [6, 6.07) is 13.6. The fourth-order valence-corrected chi connectivity index (χ4v) is 4.32. The molecule has 0 spiro atoms. The highest BCUT2D eigenvalue weighted by Crippen LogP contribution is 2.31. The number of anilines is 1. The van der Waals surface area contributed by atoms with E-state index in [0.29, 0.717) is 21.9 Å². The van der Waals surface area contributed by atoms with Crippen molar-refractivity contribution in [1.29, 1.82) is 0 Å². The Labute approximate surface area is 183 Å². The Kier molecular flexibility index (Phi) is 4.27. The van der Waals surface area contributed by atoms with E-state index in [9.17, 15) is 9.59 Å². The second-order valence-electron chi connectivity index (χ2n) is 8.65. The molecule has 0 aliphatic rings. The number of hydrogen-bond acceptors (Lipinski definition) is 4. The fourth-order valence-electron chi connectivity index (χ4n) is 4.32. The molecule has 0 radical (unpaired) electrons. The summed E-state index contributed by atoms with van der Waals surface area (Å²) in [7, 11) is 11.3. The Balaban J connectivity index is 2.04. The van der Waals surface area contributed by atoms with Crippen LogP contribution < -0.4 is 26.0 Å². The summed E-state index contributed by atoms with van der Waals surface area (Å²) in [5, 5.41) is 3.43. The predicted molar refractivity (Wildman–Crippen MR) is 131 cm³/mol. The fraction of sp³-hybridized carbons (Fsp3) is 0.240. The van der Waals surface area contributed by atoms with Gasteiger partial charge in [-0.25, -0.2) is 4.58 Å². The molecular formula is C25H25N4O3+. The second-order valence-corrected chi connectivity index (χ2v) is 8.65. The number of hydrogen-bond donors (Lipinski definition) is 0. The van der Waals surface area contributed by atoms with Crippen LogP contribution in [0.1, 0.15) is 0 Å². The smallest absolute Gasteiger partial charge is 0.261 e. The van der Waals surface area contributed by atoms with E-state index >= 15 is 0 Å². The topological polar surface area (TPSA) is 63.4 Å². The van der Waals surface area contributed by atoms with E-state index in [-0.39, 0.29) is 11.1 Å². The first-order valence-electron chi connectivity index (χ1n) is 10.4. The third-order valence-corrected chi connectivity index (χ3v) is 6.26. The zero-order valence-corrected chi connectivity index (χ0v) is 19.1. The number of fused-ring (bicyclic) bond motifs is 6. The molecule has 0 saturated heterocycles. The maximum atomic E-state index is 13.2. The summed E-state index contributed by atoms with van der Waals surface area (Å²) >= 11 is 0. The molecule has 0 atom stereocenters. The molecule has 0 bridgehead atoms. The Morgan fingerprint density at radius 3 is 1.81 bits per heavy atom. The predicted octanol–water partition coefficient (Wildman–Crippen LogP) is 2.39. The SMILES string of the molecule is CN(C)c1ccc2c3oc4c(cc3c(=O)n(C)c2c1)c(=O)n(C)c1cc(=[N+](C)C)ccc41. The van der Waals surface area contributed by atoms with Crippen molar-refractivity contribution < 1.29 is 4.42 Å². The van der Waals surface area contributed by atoms with Gasteiger partial charge in [0.1, 0.15) is 25.3 Å². The van der Waals surface area contributed by atoms with Gasteiger partial charge in [-0.1, -0.05) is 0 Å². The number of aryl methyl sites for hydroxylation is 2. The van der Waals surface area contributed by atoms with E-state index in [4.69, 9.17) is 4.42 Å². The monoisotopic (exact) mass is 429 g/mol. The molecule has 0 amide bonds. The molecule has 2 aromatic carbocycles. The zero-order valence-electron chi connectivity index (χ0n) is 19.1. The van der Waals surface area contributed by atoms with Crippen molar-refractivity contribution in [3.63, 3.8) is 0 Å². The molecule has 0 unspecified atom stereocenters. The first kappa shape index (κ1) is 20.1. The van der Waals surface area contributed by atoms with E-state index in [1.54, 1.807) is 29.3 Å². The van der Waals surface area contributed by atoms with Gasteiger partial charge in [-0.2, -0.15) is 0 Å². The molecule has 0 saturated carbocycles. The highest BCUT2D eigenvalue weighted by Gasteiger charge is 2.18. The lowest BCUT2D eigenvalue weighted by atomic mass is 10.1. The average molecular weight is 430 g/mol. The molecule has 5 aromatic rings. The molecule has 5 rings (SSSR count). The van der Waals surface area contributed by atoms with Crippen LogP contribution in [0.2, 0.25) is 0 Å². The van der Waals surface area contributed by atoms with Gasteiger partial charge in [-0.05, 0) is 30.3 Å². The van der Waals surface area contributed by atoms with Crippen LogP contribution in [0.5, 0.6) is 0 Å². The van der Waals surface area contributed by atoms with Gasteiger partial charge >= 0.3 is 0 Å². The summed E-state index contributed by atoms with van der Waals surface area (Å²) in [5.41, 5.74) is 3.14. The molecule has 7 heteroatoms. The van der Waals surface area contributed by atoms with E-state index in [0.717, 1.165) is 32.9 Å². The van der Waals surface area contributed by atoms with Gasteiger partial charge in [-0.3, -0.25) is 9.59 Å². The third-order valence-electron chi connectivity index (χ3n) is 6.26. The van der Waals surface area contributed by atoms with Gasteiger partial charge in [0.15, 0.2) is 0 Å². The Hall–Kier alpha value is -3.87. The molecule has 0 aliphatic heterocycles. The lowest BCUT2D eigenvalue weighted by Gasteiger charge is -2.16. The largest absolute Gasteiger partial charge is 0.454 e. The molecule has 162 valence electrons. The molecule has 3 aromatic heterocycles. The van der Waals surface area contributed by atoms with Crippen molar-refractivity contribution >= 4 is 49.4 Å². The number of rotatable bonds is 1. The number of aromatic nitrogens is 2. The Morgan fingerprint density at radius 1 is 0.750 bits per heavy atom. The van der Waals surface area contributed by atoms with Gasteiger partial charge in [0.25, 0.3) is 11.1 Å². The normalized spacial score (nSPS) is 11.7. The second kappa shape index (κ2) is 6.82. The first-order valence-corrected chi connectivity index (χ1v) is 10.4. The zero-order chi connectivity index (χ0) is 22.9. The van der Waals surface area contributed by atoms with Crippen LogP contribution in [0.25, 0.3) is 43.7 Å². The maximum absolute atomic E-state index is 13.2. The van der Waals surface area contributed by atoms with Gasteiger partial charge in [0, 0.05) is 56.8 Å². The van der Waals surface area contributed by atoms with E-state index in [2.05, 4.69) is 0 Å². The summed E-state index contributed by atoms with van der Waals surface area (Å²) in [4.78, 5) is 28.4. The summed E-state index contributed by atoms with van der Waals surface area (Å²) in [5.74, 6) is 0. The van der Waals surface area contributed by atoms with E-state index in [1.165, 1.54) is 0 Å². The van der Waals surface area contributed by atoms with Crippen molar-refractivity contribution in [2.75, 3.05) is 33.1 Å². The minimum absolute atomic E-state index is 0.195. The minimum Gasteiger partial charge on any atom is -0.454 e. The van der Waals surface area contributed by atoms with Crippen LogP contribution in [0.4, 0.5) is 5.69 Å². The highest BCUT2D eigenvalue weighted by molar-refractivity contribution is 6.09. The van der Waals surface area contributed by atoms with Gasteiger partial charge in [0.05, 0.1) is 21.8 Å². The summed E-state index contributed by atoms with van der Waals surface area (Å²) < 4.78 is 11.6. The third kappa shape index (κ3) is 2.70. The van der Waals surface area contributed by atoms with Crippen LogP contribution in [-0.4, -0.2) is 37.3 Å². The van der Waals surface area contributed by atoms with Crippen molar-refractivity contribution in [3.05, 3.63) is 68.5 Å². The standard InChI is InChI=1S/C25H25N4O3/c1-26(2)14-7-9-16-20(11-14)28(5)24(30)18-13-19-23(32-22(16)18)17-10-8-15(27(3)4)12-21(17)29(6)25(19)31/h7-13H,1-6H3/q+1. The van der Waals surface area contributed by atoms with Crippen LogP contribution in [0.15, 0.2) is 56.5 Å². The molecular weight excluding hydrogens is 404 g/mol. The van der Waals surface area contributed by atoms with Gasteiger partial charge in [0.2, 0.25) is 5.36 Å². The Morgan fingerprint density at radius 2 is 1.28 bits per heavy atom. The molecule has 7 nitrogen and oxygen atoms in total. The van der Waals surface area contributed by atoms with Crippen molar-refractivity contribution in [3.8, 4) is 0 Å². The van der Waals surface area contributed by atoms with Gasteiger partial charge < -0.3 is 18.5 Å². The van der Waals surface area contributed by atoms with E-state index in [1.807, 2.05) is 74.1 Å². The minimum atomic E-state index is -0.195.